The average molecular weight is 425 g/mol. The van der Waals surface area contributed by atoms with E-state index in [1.54, 1.807) is 26.1 Å². The second kappa shape index (κ2) is 11.5. The molecule has 164 valence electrons. The van der Waals surface area contributed by atoms with Crippen molar-refractivity contribution in [3.05, 3.63) is 71.3 Å². The fourth-order valence-corrected chi connectivity index (χ4v) is 2.72. The third kappa shape index (κ3) is 7.26. The summed E-state index contributed by atoms with van der Waals surface area (Å²) in [5.41, 5.74) is 1.16. The molecule has 0 saturated carbocycles. The molecule has 0 saturated heterocycles. The minimum absolute atomic E-state index is 0.0456. The molecule has 8 nitrogen and oxygen atoms in total. The van der Waals surface area contributed by atoms with Crippen LogP contribution in [0.3, 0.4) is 0 Å². The second-order valence-corrected chi connectivity index (χ2v) is 7.10. The minimum atomic E-state index is -0.824. The maximum Gasteiger partial charge on any atom is 0.339 e. The molecule has 0 radical (unpaired) electrons. The quantitative estimate of drug-likeness (QED) is 0.633. The SMILES string of the molecule is CC[C@H](C)NC(=O)NC(=O)COC(=O)c1ccccc1C(=O)N(C)Cc1ccccc1. The standard InChI is InChI=1S/C23H27N3O5/c1-4-16(2)24-23(30)25-20(27)15-31-22(29)19-13-9-8-12-18(19)21(28)26(3)14-17-10-6-5-7-11-17/h5-13,16H,4,14-15H2,1-3H3,(H2,24,25,27,30)/t16-/m0/s1. The number of ether oxygens (including phenoxy) is 1. The molecule has 8 heteroatoms. The third-order valence-corrected chi connectivity index (χ3v) is 4.56. The van der Waals surface area contributed by atoms with Gasteiger partial charge in [-0.2, -0.15) is 0 Å². The van der Waals surface area contributed by atoms with Gasteiger partial charge in [-0.1, -0.05) is 49.4 Å². The lowest BCUT2D eigenvalue weighted by molar-refractivity contribution is -0.123. The predicted octanol–water partition coefficient (Wildman–Crippen LogP) is 2.74. The lowest BCUT2D eigenvalue weighted by Gasteiger charge is -2.19. The summed E-state index contributed by atoms with van der Waals surface area (Å²) in [6.07, 6.45) is 0.708. The summed E-state index contributed by atoms with van der Waals surface area (Å²) in [6, 6.07) is 14.9. The van der Waals surface area contributed by atoms with E-state index in [9.17, 15) is 19.2 Å². The molecular weight excluding hydrogens is 398 g/mol. The number of benzene rings is 2. The van der Waals surface area contributed by atoms with Gasteiger partial charge in [-0.3, -0.25) is 14.9 Å². The van der Waals surface area contributed by atoms with Crippen molar-refractivity contribution in [1.29, 1.82) is 0 Å². The smallest absolute Gasteiger partial charge is 0.339 e. The molecule has 2 N–H and O–H groups in total. The highest BCUT2D eigenvalue weighted by Gasteiger charge is 2.21. The van der Waals surface area contributed by atoms with Crippen molar-refractivity contribution < 1.29 is 23.9 Å². The summed E-state index contributed by atoms with van der Waals surface area (Å²) < 4.78 is 5.01. The Morgan fingerprint density at radius 3 is 2.23 bits per heavy atom. The molecule has 0 spiro atoms. The van der Waals surface area contributed by atoms with Gasteiger partial charge in [0.05, 0.1) is 11.1 Å². The Labute approximate surface area is 181 Å². The van der Waals surface area contributed by atoms with Gasteiger partial charge in [0, 0.05) is 19.6 Å². The minimum Gasteiger partial charge on any atom is -0.452 e. The van der Waals surface area contributed by atoms with Crippen molar-refractivity contribution in [3.63, 3.8) is 0 Å². The second-order valence-electron chi connectivity index (χ2n) is 7.10. The van der Waals surface area contributed by atoms with Crippen LogP contribution < -0.4 is 10.6 Å². The van der Waals surface area contributed by atoms with Crippen molar-refractivity contribution in [2.75, 3.05) is 13.7 Å². The number of hydrogen-bond donors (Lipinski definition) is 2. The fourth-order valence-electron chi connectivity index (χ4n) is 2.72. The van der Waals surface area contributed by atoms with Crippen LogP contribution in [0.2, 0.25) is 0 Å². The van der Waals surface area contributed by atoms with Gasteiger partial charge in [0.25, 0.3) is 11.8 Å². The normalized spacial score (nSPS) is 11.2. The molecule has 2 aromatic carbocycles. The van der Waals surface area contributed by atoms with Gasteiger partial charge in [-0.15, -0.1) is 0 Å². The first-order chi connectivity index (χ1) is 14.8. The molecule has 31 heavy (non-hydrogen) atoms. The van der Waals surface area contributed by atoms with Gasteiger partial charge < -0.3 is 15.0 Å². The molecule has 0 heterocycles. The Morgan fingerprint density at radius 2 is 1.58 bits per heavy atom. The Bertz CT molecular complexity index is 930. The predicted molar refractivity (Wildman–Crippen MR) is 115 cm³/mol. The van der Waals surface area contributed by atoms with E-state index >= 15 is 0 Å². The number of nitrogens with one attached hydrogen (secondary N) is 2. The molecule has 0 aliphatic rings. The Hall–Kier alpha value is -3.68. The zero-order valence-electron chi connectivity index (χ0n) is 17.9. The molecule has 0 bridgehead atoms. The largest absolute Gasteiger partial charge is 0.452 e. The van der Waals surface area contributed by atoms with Crippen LogP contribution >= 0.6 is 0 Å². The topological polar surface area (TPSA) is 105 Å². The van der Waals surface area contributed by atoms with Gasteiger partial charge >= 0.3 is 12.0 Å². The Balaban J connectivity index is 1.98. The maximum atomic E-state index is 12.9. The highest BCUT2D eigenvalue weighted by Crippen LogP contribution is 2.14. The maximum absolute atomic E-state index is 12.9. The number of carbonyl (C=O) groups excluding carboxylic acids is 4. The summed E-state index contributed by atoms with van der Waals surface area (Å²) >= 11 is 0. The Morgan fingerprint density at radius 1 is 0.968 bits per heavy atom. The fraction of sp³-hybridized carbons (Fsp3) is 0.304. The monoisotopic (exact) mass is 425 g/mol. The highest BCUT2D eigenvalue weighted by atomic mass is 16.5. The lowest BCUT2D eigenvalue weighted by Crippen LogP contribution is -2.44. The van der Waals surface area contributed by atoms with Crippen LogP contribution in [0, 0.1) is 0 Å². The van der Waals surface area contributed by atoms with E-state index in [1.807, 2.05) is 37.3 Å². The van der Waals surface area contributed by atoms with Crippen molar-refractivity contribution in [2.45, 2.75) is 32.9 Å². The number of esters is 1. The Kier molecular flexibility index (Phi) is 8.75. The molecule has 4 amide bonds. The average Bonchev–Trinajstić information content (AvgIpc) is 2.77. The lowest BCUT2D eigenvalue weighted by atomic mass is 10.1. The summed E-state index contributed by atoms with van der Waals surface area (Å²) in [5.74, 6) is -1.94. The first-order valence-electron chi connectivity index (χ1n) is 9.97. The van der Waals surface area contributed by atoms with E-state index in [0.717, 1.165) is 5.56 Å². The number of nitrogens with zero attached hydrogens (tertiary/aromatic N) is 1. The number of amides is 4. The van der Waals surface area contributed by atoms with Crippen molar-refractivity contribution in [3.8, 4) is 0 Å². The van der Waals surface area contributed by atoms with Gasteiger partial charge in [-0.25, -0.2) is 9.59 Å². The summed E-state index contributed by atoms with van der Waals surface area (Å²) in [6.45, 7) is 3.42. The molecule has 0 fully saturated rings. The van der Waals surface area contributed by atoms with Crippen LogP contribution in [-0.4, -0.2) is 48.4 Å². The van der Waals surface area contributed by atoms with E-state index in [0.29, 0.717) is 13.0 Å². The number of urea groups is 1. The third-order valence-electron chi connectivity index (χ3n) is 4.56. The molecule has 1 atom stereocenters. The highest BCUT2D eigenvalue weighted by molar-refractivity contribution is 6.06. The molecule has 0 aromatic heterocycles. The van der Waals surface area contributed by atoms with Crippen molar-refractivity contribution in [2.24, 2.45) is 0 Å². The molecule has 0 aliphatic carbocycles. The van der Waals surface area contributed by atoms with Gasteiger partial charge in [-0.05, 0) is 31.0 Å². The molecule has 2 aromatic rings. The van der Waals surface area contributed by atoms with E-state index in [2.05, 4.69) is 10.6 Å². The van der Waals surface area contributed by atoms with E-state index in [-0.39, 0.29) is 23.1 Å². The summed E-state index contributed by atoms with van der Waals surface area (Å²) in [5, 5.41) is 4.67. The van der Waals surface area contributed by atoms with Crippen LogP contribution in [0.4, 0.5) is 4.79 Å². The zero-order valence-corrected chi connectivity index (χ0v) is 17.9. The molecule has 2 rings (SSSR count). The van der Waals surface area contributed by atoms with E-state index in [4.69, 9.17) is 4.74 Å². The molecule has 0 unspecified atom stereocenters. The summed E-state index contributed by atoms with van der Waals surface area (Å²) in [4.78, 5) is 50.4. The number of rotatable bonds is 8. The number of hydrogen-bond acceptors (Lipinski definition) is 5. The van der Waals surface area contributed by atoms with Crippen LogP contribution in [0.15, 0.2) is 54.6 Å². The number of carbonyl (C=O) groups is 4. The van der Waals surface area contributed by atoms with Gasteiger partial charge in [0.2, 0.25) is 0 Å². The van der Waals surface area contributed by atoms with Gasteiger partial charge in [0.1, 0.15) is 0 Å². The van der Waals surface area contributed by atoms with E-state index in [1.165, 1.54) is 17.0 Å². The van der Waals surface area contributed by atoms with Crippen molar-refractivity contribution >= 4 is 23.8 Å². The van der Waals surface area contributed by atoms with Crippen LogP contribution in [0.5, 0.6) is 0 Å². The summed E-state index contributed by atoms with van der Waals surface area (Å²) in [7, 11) is 1.64. The molecule has 0 aliphatic heterocycles. The van der Waals surface area contributed by atoms with Gasteiger partial charge in [0.15, 0.2) is 6.61 Å². The first-order valence-corrected chi connectivity index (χ1v) is 9.97. The van der Waals surface area contributed by atoms with Crippen molar-refractivity contribution in [1.82, 2.24) is 15.5 Å². The van der Waals surface area contributed by atoms with Crippen LogP contribution in [0.1, 0.15) is 46.5 Å². The van der Waals surface area contributed by atoms with E-state index < -0.39 is 24.5 Å². The molecular formula is C23H27N3O5. The number of imide groups is 1. The zero-order chi connectivity index (χ0) is 22.8. The first kappa shape index (κ1) is 23.6. The van der Waals surface area contributed by atoms with Crippen LogP contribution in [0.25, 0.3) is 0 Å². The van der Waals surface area contributed by atoms with Crippen LogP contribution in [-0.2, 0) is 16.1 Å².